The van der Waals surface area contributed by atoms with E-state index in [-0.39, 0.29) is 5.41 Å². The lowest BCUT2D eigenvalue weighted by Crippen LogP contribution is -2.11. The monoisotopic (exact) mass is 244 g/mol. The Hall–Kier alpha value is -1.77. The first-order valence-electron chi connectivity index (χ1n) is 6.22. The van der Waals surface area contributed by atoms with Crippen LogP contribution in [0.5, 0.6) is 5.75 Å². The maximum Gasteiger partial charge on any atom is 0.127 e. The van der Waals surface area contributed by atoms with Crippen LogP contribution in [-0.2, 0) is 0 Å². The van der Waals surface area contributed by atoms with E-state index in [4.69, 9.17) is 10.5 Å². The second-order valence-electron chi connectivity index (χ2n) is 5.73. The fourth-order valence-corrected chi connectivity index (χ4v) is 1.78. The van der Waals surface area contributed by atoms with Crippen LogP contribution in [0.4, 0.5) is 5.69 Å². The Morgan fingerprint density at radius 1 is 1.17 bits per heavy atom. The van der Waals surface area contributed by atoms with Crippen molar-refractivity contribution in [2.75, 3.05) is 12.3 Å². The highest BCUT2D eigenvalue weighted by Crippen LogP contribution is 2.30. The second-order valence-corrected chi connectivity index (χ2v) is 5.73. The highest BCUT2D eigenvalue weighted by molar-refractivity contribution is 5.96. The minimum atomic E-state index is 0.283. The molecule has 1 aromatic carbocycles. The maximum absolute atomic E-state index is 5.93. The number of hydrogen-bond donors (Lipinski definition) is 1. The van der Waals surface area contributed by atoms with Crippen molar-refractivity contribution in [3.05, 3.63) is 30.6 Å². The highest BCUT2D eigenvalue weighted by atomic mass is 16.5. The fraction of sp³-hybridized carbons (Fsp3) is 0.400. The molecule has 2 rings (SSSR count). The molecular weight excluding hydrogens is 224 g/mol. The molecule has 0 spiro atoms. The summed E-state index contributed by atoms with van der Waals surface area (Å²) in [7, 11) is 0. The van der Waals surface area contributed by atoms with Gasteiger partial charge in [-0.3, -0.25) is 4.98 Å². The molecule has 0 saturated carbocycles. The van der Waals surface area contributed by atoms with E-state index in [0.29, 0.717) is 6.61 Å². The quantitative estimate of drug-likeness (QED) is 0.839. The number of benzene rings is 1. The Labute approximate surface area is 108 Å². The molecule has 0 saturated heterocycles. The Morgan fingerprint density at radius 2 is 1.94 bits per heavy atom. The molecule has 3 nitrogen and oxygen atoms in total. The number of rotatable bonds is 3. The van der Waals surface area contributed by atoms with Crippen LogP contribution in [0, 0.1) is 5.41 Å². The van der Waals surface area contributed by atoms with Crippen molar-refractivity contribution in [1.29, 1.82) is 0 Å². The smallest absolute Gasteiger partial charge is 0.127 e. The first-order chi connectivity index (χ1) is 8.47. The number of nitrogens with zero attached hydrogens (tertiary/aromatic N) is 1. The summed E-state index contributed by atoms with van der Waals surface area (Å²) in [5.74, 6) is 0.880. The van der Waals surface area contributed by atoms with Gasteiger partial charge in [0.2, 0.25) is 0 Å². The number of anilines is 1. The molecule has 0 aliphatic rings. The van der Waals surface area contributed by atoms with Gasteiger partial charge in [-0.05, 0) is 30.0 Å². The van der Waals surface area contributed by atoms with E-state index in [2.05, 4.69) is 25.8 Å². The Kier molecular flexibility index (Phi) is 3.41. The van der Waals surface area contributed by atoms with Gasteiger partial charge in [0.25, 0.3) is 0 Å². The third kappa shape index (κ3) is 2.92. The van der Waals surface area contributed by atoms with Crippen molar-refractivity contribution in [2.45, 2.75) is 27.2 Å². The van der Waals surface area contributed by atoms with Crippen LogP contribution >= 0.6 is 0 Å². The predicted molar refractivity (Wildman–Crippen MR) is 75.7 cm³/mol. The van der Waals surface area contributed by atoms with Crippen LogP contribution in [0.15, 0.2) is 30.6 Å². The third-order valence-electron chi connectivity index (χ3n) is 2.92. The molecule has 0 unspecified atom stereocenters. The van der Waals surface area contributed by atoms with Crippen molar-refractivity contribution < 1.29 is 4.74 Å². The highest BCUT2D eigenvalue weighted by Gasteiger charge is 2.11. The summed E-state index contributed by atoms with van der Waals surface area (Å²) in [6.45, 7) is 7.34. The summed E-state index contributed by atoms with van der Waals surface area (Å²) in [6, 6.07) is 5.74. The van der Waals surface area contributed by atoms with Crippen LogP contribution in [0.2, 0.25) is 0 Å². The largest absolute Gasteiger partial charge is 0.493 e. The van der Waals surface area contributed by atoms with Crippen LogP contribution in [0.1, 0.15) is 27.2 Å². The number of hydrogen-bond acceptors (Lipinski definition) is 3. The lowest BCUT2D eigenvalue weighted by Gasteiger charge is -2.18. The molecule has 2 aromatic rings. The molecule has 18 heavy (non-hydrogen) atoms. The zero-order valence-electron chi connectivity index (χ0n) is 11.2. The Bertz CT molecular complexity index is 544. The van der Waals surface area contributed by atoms with Crippen molar-refractivity contribution in [1.82, 2.24) is 4.98 Å². The fourth-order valence-electron chi connectivity index (χ4n) is 1.78. The van der Waals surface area contributed by atoms with Gasteiger partial charge in [0.15, 0.2) is 0 Å². The topological polar surface area (TPSA) is 48.1 Å². The van der Waals surface area contributed by atoms with Crippen molar-refractivity contribution in [2.24, 2.45) is 5.41 Å². The van der Waals surface area contributed by atoms with E-state index in [1.165, 1.54) is 0 Å². The molecular formula is C15H20N2O. The summed E-state index contributed by atoms with van der Waals surface area (Å²) in [5.41, 5.74) is 6.95. The molecule has 0 atom stereocenters. The van der Waals surface area contributed by atoms with Gasteiger partial charge < -0.3 is 10.5 Å². The molecule has 0 bridgehead atoms. The van der Waals surface area contributed by atoms with E-state index in [0.717, 1.165) is 28.6 Å². The van der Waals surface area contributed by atoms with Gasteiger partial charge >= 0.3 is 0 Å². The van der Waals surface area contributed by atoms with E-state index in [9.17, 15) is 0 Å². The van der Waals surface area contributed by atoms with Gasteiger partial charge in [0.05, 0.1) is 6.61 Å². The number of pyridine rings is 1. The molecule has 1 heterocycles. The lowest BCUT2D eigenvalue weighted by molar-refractivity contribution is 0.245. The molecule has 2 N–H and O–H groups in total. The molecule has 0 amide bonds. The third-order valence-corrected chi connectivity index (χ3v) is 2.92. The summed E-state index contributed by atoms with van der Waals surface area (Å²) in [6.07, 6.45) is 4.56. The lowest BCUT2D eigenvalue weighted by atomic mass is 9.93. The number of fused-ring (bicyclic) bond motifs is 1. The second kappa shape index (κ2) is 4.84. The van der Waals surface area contributed by atoms with Gasteiger partial charge in [0.1, 0.15) is 5.75 Å². The number of ether oxygens (including phenoxy) is 1. The molecule has 3 heteroatoms. The van der Waals surface area contributed by atoms with Crippen molar-refractivity contribution in [3.8, 4) is 5.75 Å². The van der Waals surface area contributed by atoms with Gasteiger partial charge in [-0.15, -0.1) is 0 Å². The van der Waals surface area contributed by atoms with Crippen LogP contribution in [0.25, 0.3) is 10.8 Å². The molecule has 0 fully saturated rings. The molecule has 0 aliphatic heterocycles. The predicted octanol–water partition coefficient (Wildman–Crippen LogP) is 3.63. The summed E-state index contributed by atoms with van der Waals surface area (Å²) >= 11 is 0. The van der Waals surface area contributed by atoms with Crippen LogP contribution in [0.3, 0.4) is 0 Å². The molecule has 0 radical (unpaired) electrons. The van der Waals surface area contributed by atoms with Crippen LogP contribution in [-0.4, -0.2) is 11.6 Å². The molecule has 0 aliphatic carbocycles. The normalized spacial score (nSPS) is 11.7. The van der Waals surface area contributed by atoms with Gasteiger partial charge in [0, 0.05) is 28.9 Å². The van der Waals surface area contributed by atoms with Gasteiger partial charge in [-0.25, -0.2) is 0 Å². The Morgan fingerprint density at radius 3 is 2.67 bits per heavy atom. The summed E-state index contributed by atoms with van der Waals surface area (Å²) in [4.78, 5) is 4.10. The van der Waals surface area contributed by atoms with Crippen LogP contribution < -0.4 is 10.5 Å². The number of nitrogen functional groups attached to an aromatic ring is 1. The molecule has 96 valence electrons. The van der Waals surface area contributed by atoms with E-state index >= 15 is 0 Å². The van der Waals surface area contributed by atoms with E-state index in [1.54, 1.807) is 12.4 Å². The standard InChI is InChI=1S/C15H20N2O/c1-15(2,3)7-9-18-14-5-4-13(16)12-10-17-8-6-11(12)14/h4-6,8,10H,7,9,16H2,1-3H3. The average molecular weight is 244 g/mol. The first kappa shape index (κ1) is 12.7. The average Bonchev–Trinajstić information content (AvgIpc) is 2.31. The number of aromatic nitrogens is 1. The number of nitrogens with two attached hydrogens (primary N) is 1. The van der Waals surface area contributed by atoms with Crippen molar-refractivity contribution >= 4 is 16.5 Å². The Balaban J connectivity index is 2.21. The van der Waals surface area contributed by atoms with Gasteiger partial charge in [-0.2, -0.15) is 0 Å². The first-order valence-corrected chi connectivity index (χ1v) is 6.22. The minimum Gasteiger partial charge on any atom is -0.493 e. The maximum atomic E-state index is 5.93. The summed E-state index contributed by atoms with van der Waals surface area (Å²) < 4.78 is 5.87. The summed E-state index contributed by atoms with van der Waals surface area (Å²) in [5, 5.41) is 1.98. The zero-order chi connectivity index (χ0) is 13.2. The van der Waals surface area contributed by atoms with E-state index in [1.807, 2.05) is 18.2 Å². The zero-order valence-corrected chi connectivity index (χ0v) is 11.2. The van der Waals surface area contributed by atoms with Crippen molar-refractivity contribution in [3.63, 3.8) is 0 Å². The SMILES string of the molecule is CC(C)(C)CCOc1ccc(N)c2cnccc12. The van der Waals surface area contributed by atoms with E-state index < -0.39 is 0 Å². The minimum absolute atomic E-state index is 0.283. The van der Waals surface area contributed by atoms with Gasteiger partial charge in [-0.1, -0.05) is 20.8 Å². The molecule has 1 aromatic heterocycles.